The van der Waals surface area contributed by atoms with Crippen LogP contribution in [0.5, 0.6) is 0 Å². The Morgan fingerprint density at radius 3 is 2.33 bits per heavy atom. The second kappa shape index (κ2) is 10.7. The summed E-state index contributed by atoms with van der Waals surface area (Å²) in [6.07, 6.45) is 3.61. The topological polar surface area (TPSA) is 61.9 Å². The quantitative estimate of drug-likeness (QED) is 0.704. The summed E-state index contributed by atoms with van der Waals surface area (Å²) < 4.78 is 5.59. The Morgan fingerprint density at radius 1 is 1.03 bits per heavy atom. The minimum atomic E-state index is -0.425. The van der Waals surface area contributed by atoms with Gasteiger partial charge in [-0.25, -0.2) is 0 Å². The maximum absolute atomic E-state index is 12.8. The number of nitrogens with one attached hydrogen (secondary N) is 1. The number of nitrogens with zero attached hydrogens (tertiary/aromatic N) is 2. The van der Waals surface area contributed by atoms with E-state index >= 15 is 0 Å². The summed E-state index contributed by atoms with van der Waals surface area (Å²) in [4.78, 5) is 29.3. The Balaban J connectivity index is 1.28. The third-order valence-electron chi connectivity index (χ3n) is 6.87. The summed E-state index contributed by atoms with van der Waals surface area (Å²) in [7, 11) is 3.89. The fourth-order valence-corrected chi connectivity index (χ4v) is 4.88. The van der Waals surface area contributed by atoms with E-state index in [1.165, 1.54) is 5.56 Å². The lowest BCUT2D eigenvalue weighted by Crippen LogP contribution is -2.46. The number of anilines is 1. The van der Waals surface area contributed by atoms with Crippen LogP contribution >= 0.6 is 11.6 Å². The molecule has 1 N–H and O–H groups in total. The molecule has 0 bridgehead atoms. The van der Waals surface area contributed by atoms with Crippen LogP contribution in [0.25, 0.3) is 0 Å². The molecule has 2 fully saturated rings. The minimum absolute atomic E-state index is 0.0448. The fraction of sp³-hybridized carbons (Fsp3) is 0.462. The van der Waals surface area contributed by atoms with Gasteiger partial charge in [0.25, 0.3) is 11.8 Å². The monoisotopic (exact) mass is 469 g/mol. The Bertz CT molecular complexity index is 956. The Labute approximate surface area is 200 Å². The van der Waals surface area contributed by atoms with Gasteiger partial charge in [-0.3, -0.25) is 9.59 Å². The van der Waals surface area contributed by atoms with Gasteiger partial charge in [0.05, 0.1) is 6.61 Å². The molecule has 0 unspecified atom stereocenters. The molecule has 176 valence electrons. The van der Waals surface area contributed by atoms with E-state index in [1.54, 1.807) is 24.3 Å². The predicted octanol–water partition coefficient (Wildman–Crippen LogP) is 4.41. The maximum Gasteiger partial charge on any atom is 0.254 e. The summed E-state index contributed by atoms with van der Waals surface area (Å²) in [5.74, 6) is 0.423. The van der Waals surface area contributed by atoms with E-state index in [4.69, 9.17) is 16.3 Å². The predicted molar refractivity (Wildman–Crippen MR) is 131 cm³/mol. The Hall–Kier alpha value is -2.41. The number of hydrogen-bond acceptors (Lipinski definition) is 4. The molecule has 1 aliphatic heterocycles. The van der Waals surface area contributed by atoms with Gasteiger partial charge in [-0.05, 0) is 80.6 Å². The molecular formula is C26H32ClN3O3. The highest BCUT2D eigenvalue weighted by molar-refractivity contribution is 6.30. The van der Waals surface area contributed by atoms with Crippen molar-refractivity contribution in [2.75, 3.05) is 39.1 Å². The molecule has 1 saturated heterocycles. The average molecular weight is 470 g/mol. The van der Waals surface area contributed by atoms with Crippen molar-refractivity contribution in [1.29, 1.82) is 0 Å². The summed E-state index contributed by atoms with van der Waals surface area (Å²) in [5, 5.41) is 3.61. The van der Waals surface area contributed by atoms with E-state index in [0.29, 0.717) is 29.7 Å². The van der Waals surface area contributed by atoms with Crippen LogP contribution in [-0.4, -0.2) is 67.6 Å². The average Bonchev–Trinajstić information content (AvgIpc) is 2.84. The van der Waals surface area contributed by atoms with E-state index in [1.807, 2.05) is 31.1 Å². The van der Waals surface area contributed by atoms with Crippen LogP contribution in [0.3, 0.4) is 0 Å². The molecule has 0 radical (unpaired) electrons. The molecule has 2 aliphatic rings. The largest absolute Gasteiger partial charge is 0.366 e. The summed E-state index contributed by atoms with van der Waals surface area (Å²) in [6, 6.07) is 15.5. The first-order valence-electron chi connectivity index (χ1n) is 11.6. The lowest BCUT2D eigenvalue weighted by atomic mass is 9.81. The van der Waals surface area contributed by atoms with Gasteiger partial charge in [0.15, 0.2) is 0 Å². The van der Waals surface area contributed by atoms with Crippen molar-refractivity contribution < 1.29 is 14.3 Å². The fourth-order valence-electron chi connectivity index (χ4n) is 4.76. The molecule has 2 aromatic rings. The van der Waals surface area contributed by atoms with Gasteiger partial charge in [-0.1, -0.05) is 23.7 Å². The number of carbonyl (C=O) groups excluding carboxylic acids is 2. The maximum atomic E-state index is 12.8. The van der Waals surface area contributed by atoms with E-state index in [2.05, 4.69) is 22.3 Å². The first-order valence-corrected chi connectivity index (χ1v) is 12.0. The third kappa shape index (κ3) is 5.94. The van der Waals surface area contributed by atoms with Crippen molar-refractivity contribution in [2.45, 2.75) is 43.7 Å². The molecule has 1 atom stereocenters. The number of amides is 2. The number of rotatable bonds is 5. The zero-order valence-electron chi connectivity index (χ0n) is 19.3. The van der Waals surface area contributed by atoms with Gasteiger partial charge < -0.3 is 19.9 Å². The van der Waals surface area contributed by atoms with Gasteiger partial charge >= 0.3 is 0 Å². The highest BCUT2D eigenvalue weighted by Gasteiger charge is 2.28. The molecule has 6 nitrogen and oxygen atoms in total. The van der Waals surface area contributed by atoms with Crippen LogP contribution in [-0.2, 0) is 9.53 Å². The number of benzene rings is 2. The number of morpholine rings is 1. The molecular weight excluding hydrogens is 438 g/mol. The first kappa shape index (κ1) is 23.7. The van der Waals surface area contributed by atoms with Gasteiger partial charge in [-0.2, -0.15) is 0 Å². The second-order valence-corrected chi connectivity index (χ2v) is 9.60. The van der Waals surface area contributed by atoms with Gasteiger partial charge in [0.2, 0.25) is 0 Å². The van der Waals surface area contributed by atoms with Crippen molar-refractivity contribution in [1.82, 2.24) is 9.80 Å². The van der Waals surface area contributed by atoms with E-state index in [0.717, 1.165) is 37.9 Å². The second-order valence-electron chi connectivity index (χ2n) is 9.16. The molecule has 0 aromatic heterocycles. The van der Waals surface area contributed by atoms with Crippen molar-refractivity contribution in [2.24, 2.45) is 0 Å². The highest BCUT2D eigenvalue weighted by Crippen LogP contribution is 2.35. The van der Waals surface area contributed by atoms with Crippen LogP contribution in [0.1, 0.15) is 47.5 Å². The van der Waals surface area contributed by atoms with Crippen LogP contribution in [0.15, 0.2) is 48.5 Å². The summed E-state index contributed by atoms with van der Waals surface area (Å²) in [6.45, 7) is 2.05. The van der Waals surface area contributed by atoms with Crippen molar-refractivity contribution in [3.05, 3.63) is 64.7 Å². The Morgan fingerprint density at radius 2 is 1.70 bits per heavy atom. The lowest BCUT2D eigenvalue weighted by molar-refractivity contribution is -0.132. The molecule has 1 heterocycles. The first-order chi connectivity index (χ1) is 15.9. The Kier molecular flexibility index (Phi) is 7.68. The standard InChI is InChI=1S/C26H32ClN3O3/c1-29-15-16-33-24(17-29)25(31)28-22-11-5-18(6-12-22)19-7-13-23(14-8-19)30(2)26(32)20-3-9-21(27)10-4-20/h3-6,9-12,19,23-24H,7-8,13-17H2,1-2H3,(H,28,31)/t19?,23?,24-/m0/s1. The van der Waals surface area contributed by atoms with Gasteiger partial charge in [-0.15, -0.1) is 0 Å². The number of hydrogen-bond donors (Lipinski definition) is 1. The smallest absolute Gasteiger partial charge is 0.254 e. The van der Waals surface area contributed by atoms with Crippen LogP contribution in [0.2, 0.25) is 5.02 Å². The van der Waals surface area contributed by atoms with E-state index in [9.17, 15) is 9.59 Å². The highest BCUT2D eigenvalue weighted by atomic mass is 35.5. The molecule has 0 spiro atoms. The van der Waals surface area contributed by atoms with Crippen LogP contribution in [0.4, 0.5) is 5.69 Å². The molecule has 4 rings (SSSR count). The molecule has 1 saturated carbocycles. The van der Waals surface area contributed by atoms with Crippen LogP contribution in [0, 0.1) is 0 Å². The van der Waals surface area contributed by atoms with Crippen molar-refractivity contribution in [3.8, 4) is 0 Å². The lowest BCUT2D eigenvalue weighted by Gasteiger charge is -2.35. The van der Waals surface area contributed by atoms with E-state index < -0.39 is 6.10 Å². The number of ether oxygens (including phenoxy) is 1. The molecule has 33 heavy (non-hydrogen) atoms. The van der Waals surface area contributed by atoms with Crippen molar-refractivity contribution >= 4 is 29.1 Å². The van der Waals surface area contributed by atoms with Gasteiger partial charge in [0, 0.05) is 42.5 Å². The normalized spacial score (nSPS) is 23.7. The third-order valence-corrected chi connectivity index (χ3v) is 7.12. The number of carbonyl (C=O) groups is 2. The molecule has 1 aliphatic carbocycles. The van der Waals surface area contributed by atoms with Gasteiger partial charge in [0.1, 0.15) is 6.10 Å². The van der Waals surface area contributed by atoms with E-state index in [-0.39, 0.29) is 17.9 Å². The van der Waals surface area contributed by atoms with Crippen LogP contribution < -0.4 is 5.32 Å². The number of likely N-dealkylation sites (N-methyl/N-ethyl adjacent to an activating group) is 1. The summed E-state index contributed by atoms with van der Waals surface area (Å²) in [5.41, 5.74) is 2.75. The zero-order chi connectivity index (χ0) is 23.4. The molecule has 7 heteroatoms. The SMILES string of the molecule is CN1CCO[C@H](C(=O)Nc2ccc(C3CCC(N(C)C(=O)c4ccc(Cl)cc4)CC3)cc2)C1. The minimum Gasteiger partial charge on any atom is -0.366 e. The zero-order valence-corrected chi connectivity index (χ0v) is 20.1. The van der Waals surface area contributed by atoms with Crippen molar-refractivity contribution in [3.63, 3.8) is 0 Å². The summed E-state index contributed by atoms with van der Waals surface area (Å²) >= 11 is 5.94. The molecule has 2 aromatic carbocycles. The number of halogens is 1. The molecule has 2 amide bonds.